The molecule has 0 atom stereocenters. The van der Waals surface area contributed by atoms with E-state index in [2.05, 4.69) is 51.8 Å². The largest absolute Gasteiger partial charge is 0.306 e. The van der Waals surface area contributed by atoms with Crippen LogP contribution >= 0.6 is 0 Å². The van der Waals surface area contributed by atoms with Gasteiger partial charge in [0.25, 0.3) is 0 Å². The summed E-state index contributed by atoms with van der Waals surface area (Å²) < 4.78 is 0. The van der Waals surface area contributed by atoms with E-state index in [0.29, 0.717) is 0 Å². The van der Waals surface area contributed by atoms with E-state index in [1.165, 1.54) is 57.8 Å². The molecule has 0 spiro atoms. The van der Waals surface area contributed by atoms with Crippen LogP contribution in [-0.2, 0) is 0 Å². The van der Waals surface area contributed by atoms with Crippen LogP contribution in [-0.4, -0.2) is 50.1 Å². The second-order valence-corrected chi connectivity index (χ2v) is 7.92. The van der Waals surface area contributed by atoms with Gasteiger partial charge in [-0.1, -0.05) is 34.1 Å². The average molecular weight is 327 g/mol. The predicted octanol–water partition coefficient (Wildman–Crippen LogP) is 5.67. The summed E-state index contributed by atoms with van der Waals surface area (Å²) in [6.07, 6.45) is 12.8. The van der Waals surface area contributed by atoms with E-state index in [-0.39, 0.29) is 0 Å². The third kappa shape index (κ3) is 9.72. The molecule has 2 nitrogen and oxygen atoms in total. The predicted molar refractivity (Wildman–Crippen MR) is 106 cm³/mol. The van der Waals surface area contributed by atoms with Crippen LogP contribution in [0.1, 0.15) is 85.5 Å². The van der Waals surface area contributed by atoms with Crippen LogP contribution in [0.5, 0.6) is 0 Å². The van der Waals surface area contributed by atoms with Gasteiger partial charge in [-0.25, -0.2) is 0 Å². The quantitative estimate of drug-likeness (QED) is 0.659. The van der Waals surface area contributed by atoms with E-state index in [1.54, 1.807) is 0 Å². The molecule has 0 aromatic heterocycles. The van der Waals surface area contributed by atoms with Crippen molar-refractivity contribution in [2.45, 2.75) is 97.6 Å². The molecule has 0 heterocycles. The fourth-order valence-corrected chi connectivity index (χ4v) is 3.83. The molecule has 2 fully saturated rings. The first-order valence-corrected chi connectivity index (χ1v) is 10.3. The molecule has 2 aliphatic carbocycles. The van der Waals surface area contributed by atoms with Crippen LogP contribution in [0.25, 0.3) is 0 Å². The van der Waals surface area contributed by atoms with Crippen molar-refractivity contribution < 1.29 is 0 Å². The van der Waals surface area contributed by atoms with Crippen molar-refractivity contribution in [1.29, 1.82) is 0 Å². The molecule has 140 valence electrons. The van der Waals surface area contributed by atoms with Crippen molar-refractivity contribution in [2.75, 3.05) is 28.2 Å². The molecule has 2 heteroatoms. The number of rotatable bonds is 3. The zero-order valence-corrected chi connectivity index (χ0v) is 17.6. The molecule has 0 N–H and O–H groups in total. The van der Waals surface area contributed by atoms with Crippen molar-refractivity contribution >= 4 is 0 Å². The highest BCUT2D eigenvalue weighted by atomic mass is 15.1. The first kappa shape index (κ1) is 22.9. The molecule has 0 aliphatic heterocycles. The summed E-state index contributed by atoms with van der Waals surface area (Å²) in [6, 6.07) is 1.74. The molecule has 0 bridgehead atoms. The molecule has 2 rings (SSSR count). The van der Waals surface area contributed by atoms with Gasteiger partial charge in [0.15, 0.2) is 0 Å². The highest BCUT2D eigenvalue weighted by Crippen LogP contribution is 2.28. The highest BCUT2D eigenvalue weighted by Gasteiger charge is 2.20. The monoisotopic (exact) mass is 326 g/mol. The standard InChI is InChI=1S/C10H21N.C9H19N.C2H6/c1-4-9-5-7-10(8-6-9)11(2)3;1-8-4-6-9(7-5-8)10(2)3;1-2/h9-10H,4-8H2,1-3H3;8-9H,4-7H2,1-3H3;1-2H3. The topological polar surface area (TPSA) is 6.48 Å². The Labute approximate surface area is 148 Å². The van der Waals surface area contributed by atoms with Crippen LogP contribution in [0.2, 0.25) is 0 Å². The summed E-state index contributed by atoms with van der Waals surface area (Å²) in [5.41, 5.74) is 0. The van der Waals surface area contributed by atoms with Gasteiger partial charge in [-0.3, -0.25) is 0 Å². The Morgan fingerprint density at radius 2 is 1.00 bits per heavy atom. The van der Waals surface area contributed by atoms with Crippen molar-refractivity contribution in [3.8, 4) is 0 Å². The van der Waals surface area contributed by atoms with E-state index >= 15 is 0 Å². The maximum Gasteiger partial charge on any atom is 0.00893 e. The molecular formula is C21H46N2. The zero-order valence-electron chi connectivity index (χ0n) is 17.6. The second kappa shape index (κ2) is 13.2. The van der Waals surface area contributed by atoms with Gasteiger partial charge in [-0.05, 0) is 91.4 Å². The molecule has 2 saturated carbocycles. The Morgan fingerprint density at radius 3 is 1.30 bits per heavy atom. The Kier molecular flexibility index (Phi) is 13.2. The number of hydrogen-bond donors (Lipinski definition) is 0. The Bertz CT molecular complexity index is 247. The SMILES string of the molecule is CC.CC1CCC(N(C)C)CC1.CCC1CCC(N(C)C)CC1. The van der Waals surface area contributed by atoms with Crippen molar-refractivity contribution in [3.63, 3.8) is 0 Å². The Morgan fingerprint density at radius 1 is 0.652 bits per heavy atom. The van der Waals surface area contributed by atoms with Crippen molar-refractivity contribution in [1.82, 2.24) is 9.80 Å². The zero-order chi connectivity index (χ0) is 17.8. The number of hydrogen-bond acceptors (Lipinski definition) is 2. The lowest BCUT2D eigenvalue weighted by Gasteiger charge is -2.32. The lowest BCUT2D eigenvalue weighted by Crippen LogP contribution is -2.31. The van der Waals surface area contributed by atoms with Gasteiger partial charge in [0.2, 0.25) is 0 Å². The third-order valence-corrected chi connectivity index (χ3v) is 5.84. The second-order valence-electron chi connectivity index (χ2n) is 7.92. The van der Waals surface area contributed by atoms with E-state index in [0.717, 1.165) is 23.9 Å². The maximum atomic E-state index is 2.38. The van der Waals surface area contributed by atoms with Crippen LogP contribution < -0.4 is 0 Å². The first-order chi connectivity index (χ1) is 10.9. The summed E-state index contributed by atoms with van der Waals surface area (Å²) in [4.78, 5) is 4.75. The lowest BCUT2D eigenvalue weighted by atomic mass is 9.84. The average Bonchev–Trinajstić information content (AvgIpc) is 2.57. The fourth-order valence-electron chi connectivity index (χ4n) is 3.83. The van der Waals surface area contributed by atoms with E-state index in [9.17, 15) is 0 Å². The highest BCUT2D eigenvalue weighted by molar-refractivity contribution is 4.76. The van der Waals surface area contributed by atoms with Crippen LogP contribution in [0, 0.1) is 11.8 Å². The molecule has 0 radical (unpaired) electrons. The Balaban J connectivity index is 0.000000381. The summed E-state index contributed by atoms with van der Waals surface area (Å²) >= 11 is 0. The van der Waals surface area contributed by atoms with Gasteiger partial charge in [-0.2, -0.15) is 0 Å². The van der Waals surface area contributed by atoms with Gasteiger partial charge in [0.05, 0.1) is 0 Å². The summed E-state index contributed by atoms with van der Waals surface area (Å²) in [7, 11) is 8.80. The van der Waals surface area contributed by atoms with Crippen molar-refractivity contribution in [3.05, 3.63) is 0 Å². The van der Waals surface area contributed by atoms with Gasteiger partial charge in [0, 0.05) is 12.1 Å². The normalized spacial score (nSPS) is 31.0. The van der Waals surface area contributed by atoms with E-state index in [4.69, 9.17) is 0 Å². The van der Waals surface area contributed by atoms with Gasteiger partial charge in [-0.15, -0.1) is 0 Å². The van der Waals surface area contributed by atoms with Gasteiger partial charge < -0.3 is 9.80 Å². The maximum absolute atomic E-state index is 2.38. The first-order valence-electron chi connectivity index (χ1n) is 10.3. The molecular weight excluding hydrogens is 280 g/mol. The van der Waals surface area contributed by atoms with Crippen LogP contribution in [0.4, 0.5) is 0 Å². The third-order valence-electron chi connectivity index (χ3n) is 5.84. The summed E-state index contributed by atoms with van der Waals surface area (Å²) in [5, 5.41) is 0. The van der Waals surface area contributed by atoms with E-state index in [1.807, 2.05) is 13.8 Å². The minimum atomic E-state index is 0.871. The molecule has 0 aromatic carbocycles. The van der Waals surface area contributed by atoms with Crippen molar-refractivity contribution in [2.24, 2.45) is 11.8 Å². The van der Waals surface area contributed by atoms with Gasteiger partial charge in [0.1, 0.15) is 0 Å². The van der Waals surface area contributed by atoms with Gasteiger partial charge >= 0.3 is 0 Å². The molecule has 23 heavy (non-hydrogen) atoms. The number of nitrogens with zero attached hydrogens (tertiary/aromatic N) is 2. The minimum Gasteiger partial charge on any atom is -0.306 e. The molecule has 0 aromatic rings. The summed E-state index contributed by atoms with van der Waals surface area (Å²) in [6.45, 7) is 8.69. The summed E-state index contributed by atoms with van der Waals surface area (Å²) in [5.74, 6) is 2.02. The molecule has 0 amide bonds. The minimum absolute atomic E-state index is 0.871. The van der Waals surface area contributed by atoms with E-state index < -0.39 is 0 Å². The lowest BCUT2D eigenvalue weighted by molar-refractivity contribution is 0.191. The molecule has 0 unspecified atom stereocenters. The smallest absolute Gasteiger partial charge is 0.00893 e. The molecule has 0 saturated heterocycles. The molecule has 2 aliphatic rings. The Hall–Kier alpha value is -0.0800. The van der Waals surface area contributed by atoms with Crippen LogP contribution in [0.15, 0.2) is 0 Å². The fraction of sp³-hybridized carbons (Fsp3) is 1.00. The van der Waals surface area contributed by atoms with Crippen LogP contribution in [0.3, 0.4) is 0 Å².